The molecule has 0 aromatic carbocycles. The zero-order chi connectivity index (χ0) is 15.4. The van der Waals surface area contributed by atoms with Gasteiger partial charge in [0.25, 0.3) is 0 Å². The number of carbonyl (C=O) groups is 2. The van der Waals surface area contributed by atoms with Gasteiger partial charge in [0.15, 0.2) is 0 Å². The Kier molecular flexibility index (Phi) is 5.62. The van der Waals surface area contributed by atoms with E-state index >= 15 is 0 Å². The highest BCUT2D eigenvalue weighted by molar-refractivity contribution is 5.89. The van der Waals surface area contributed by atoms with Gasteiger partial charge in [-0.2, -0.15) is 0 Å². The van der Waals surface area contributed by atoms with Gasteiger partial charge in [-0.3, -0.25) is 9.59 Å². The lowest BCUT2D eigenvalue weighted by Gasteiger charge is -2.26. The zero-order valence-electron chi connectivity index (χ0n) is 13.2. The van der Waals surface area contributed by atoms with Crippen LogP contribution in [-0.4, -0.2) is 47.6 Å². The monoisotopic (exact) mass is 296 g/mol. The third kappa shape index (κ3) is 4.70. The molecule has 5 nitrogen and oxygen atoms in total. The summed E-state index contributed by atoms with van der Waals surface area (Å²) in [5.41, 5.74) is 0. The maximum atomic E-state index is 12.2. The van der Waals surface area contributed by atoms with Gasteiger partial charge < -0.3 is 15.3 Å². The van der Waals surface area contributed by atoms with E-state index in [0.717, 1.165) is 32.2 Å². The molecule has 1 heterocycles. The molecule has 2 amide bonds. The summed E-state index contributed by atoms with van der Waals surface area (Å²) < 4.78 is 0. The molecule has 1 unspecified atom stereocenters. The minimum Gasteiger partial charge on any atom is -0.393 e. The van der Waals surface area contributed by atoms with Crippen LogP contribution in [0.25, 0.3) is 0 Å². The van der Waals surface area contributed by atoms with Gasteiger partial charge in [-0.05, 0) is 37.5 Å². The van der Waals surface area contributed by atoms with Crippen LogP contribution in [0, 0.1) is 17.8 Å². The summed E-state index contributed by atoms with van der Waals surface area (Å²) in [7, 11) is 0. The summed E-state index contributed by atoms with van der Waals surface area (Å²) in [6, 6.07) is 0. The Morgan fingerprint density at radius 2 is 2.00 bits per heavy atom. The molecule has 1 aliphatic heterocycles. The van der Waals surface area contributed by atoms with Gasteiger partial charge in [0.05, 0.1) is 12.0 Å². The summed E-state index contributed by atoms with van der Waals surface area (Å²) in [4.78, 5) is 25.9. The van der Waals surface area contributed by atoms with Crippen LogP contribution < -0.4 is 5.32 Å². The van der Waals surface area contributed by atoms with Crippen LogP contribution in [0.5, 0.6) is 0 Å². The molecular weight excluding hydrogens is 268 g/mol. The molecule has 0 spiro atoms. The Labute approximate surface area is 127 Å². The molecule has 2 fully saturated rings. The highest BCUT2D eigenvalue weighted by Gasteiger charge is 2.34. The fourth-order valence-electron chi connectivity index (χ4n) is 3.30. The van der Waals surface area contributed by atoms with Crippen LogP contribution in [-0.2, 0) is 9.59 Å². The van der Waals surface area contributed by atoms with Crippen molar-refractivity contribution >= 4 is 11.8 Å². The van der Waals surface area contributed by atoms with Crippen molar-refractivity contribution in [1.82, 2.24) is 10.2 Å². The lowest BCUT2D eigenvalue weighted by molar-refractivity contribution is -0.129. The summed E-state index contributed by atoms with van der Waals surface area (Å²) in [5, 5.41) is 12.5. The molecule has 2 rings (SSSR count). The van der Waals surface area contributed by atoms with Crippen molar-refractivity contribution in [3.05, 3.63) is 0 Å². The third-order valence-corrected chi connectivity index (χ3v) is 4.55. The number of carbonyl (C=O) groups excluding carboxylic acids is 2. The Bertz CT molecular complexity index is 376. The predicted molar refractivity (Wildman–Crippen MR) is 80.5 cm³/mol. The molecule has 0 aromatic heterocycles. The quantitative estimate of drug-likeness (QED) is 0.800. The van der Waals surface area contributed by atoms with Crippen LogP contribution in [0.2, 0.25) is 0 Å². The van der Waals surface area contributed by atoms with E-state index in [4.69, 9.17) is 0 Å². The molecule has 0 radical (unpaired) electrons. The van der Waals surface area contributed by atoms with Crippen LogP contribution >= 0.6 is 0 Å². The summed E-state index contributed by atoms with van der Waals surface area (Å²) in [6.45, 7) is 6.14. The van der Waals surface area contributed by atoms with E-state index in [1.807, 2.05) is 4.90 Å². The summed E-state index contributed by atoms with van der Waals surface area (Å²) >= 11 is 0. The predicted octanol–water partition coefficient (Wildman–Crippen LogP) is 1.16. The standard InChI is InChI=1S/C16H28N2O3/c1-11(2)9-18-10-13(7-15(18)20)16(21)17-8-12-3-5-14(19)6-4-12/h11-14,19H,3-10H2,1-2H3,(H,17,21). The van der Waals surface area contributed by atoms with E-state index in [1.54, 1.807) is 0 Å². The Hall–Kier alpha value is -1.10. The minimum absolute atomic E-state index is 0.0146. The summed E-state index contributed by atoms with van der Waals surface area (Å²) in [6.07, 6.45) is 3.82. The van der Waals surface area contributed by atoms with Crippen molar-refractivity contribution in [3.63, 3.8) is 0 Å². The number of aliphatic hydroxyl groups excluding tert-OH is 1. The first-order valence-corrected chi connectivity index (χ1v) is 8.19. The lowest BCUT2D eigenvalue weighted by Crippen LogP contribution is -2.37. The van der Waals surface area contributed by atoms with E-state index in [-0.39, 0.29) is 23.8 Å². The van der Waals surface area contributed by atoms with Crippen molar-refractivity contribution in [1.29, 1.82) is 0 Å². The lowest BCUT2D eigenvalue weighted by atomic mass is 9.87. The molecule has 0 aromatic rings. The molecule has 1 saturated carbocycles. The van der Waals surface area contributed by atoms with Gasteiger partial charge >= 0.3 is 0 Å². The van der Waals surface area contributed by atoms with Crippen molar-refractivity contribution in [3.8, 4) is 0 Å². The second-order valence-corrected chi connectivity index (χ2v) is 7.01. The van der Waals surface area contributed by atoms with E-state index in [0.29, 0.717) is 31.3 Å². The Balaban J connectivity index is 1.73. The molecule has 21 heavy (non-hydrogen) atoms. The van der Waals surface area contributed by atoms with Crippen molar-refractivity contribution < 1.29 is 14.7 Å². The smallest absolute Gasteiger partial charge is 0.225 e. The number of nitrogens with one attached hydrogen (secondary N) is 1. The van der Waals surface area contributed by atoms with Gasteiger partial charge in [0, 0.05) is 26.1 Å². The third-order valence-electron chi connectivity index (χ3n) is 4.55. The SMILES string of the molecule is CC(C)CN1CC(C(=O)NCC2CCC(O)CC2)CC1=O. The average molecular weight is 296 g/mol. The molecule has 2 N–H and O–H groups in total. The number of nitrogens with zero attached hydrogens (tertiary/aromatic N) is 1. The van der Waals surface area contributed by atoms with Crippen LogP contribution in [0.3, 0.4) is 0 Å². The topological polar surface area (TPSA) is 69.6 Å². The highest BCUT2D eigenvalue weighted by Crippen LogP contribution is 2.24. The normalized spacial score (nSPS) is 30.0. The molecule has 1 atom stereocenters. The number of hydrogen-bond donors (Lipinski definition) is 2. The van der Waals surface area contributed by atoms with Crippen LogP contribution in [0.4, 0.5) is 0 Å². The molecule has 2 aliphatic rings. The van der Waals surface area contributed by atoms with E-state index in [1.165, 1.54) is 0 Å². The molecule has 0 bridgehead atoms. The second-order valence-electron chi connectivity index (χ2n) is 7.01. The Morgan fingerprint density at radius 3 is 2.62 bits per heavy atom. The average Bonchev–Trinajstić information content (AvgIpc) is 2.78. The second kappa shape index (κ2) is 7.25. The first-order chi connectivity index (χ1) is 9.95. The molecule has 5 heteroatoms. The van der Waals surface area contributed by atoms with Crippen LogP contribution in [0.15, 0.2) is 0 Å². The fourth-order valence-corrected chi connectivity index (χ4v) is 3.30. The maximum Gasteiger partial charge on any atom is 0.225 e. The number of likely N-dealkylation sites (tertiary alicyclic amines) is 1. The van der Waals surface area contributed by atoms with Gasteiger partial charge in [0.1, 0.15) is 0 Å². The first-order valence-electron chi connectivity index (χ1n) is 8.19. The van der Waals surface area contributed by atoms with Gasteiger partial charge in [0.2, 0.25) is 11.8 Å². The number of hydrogen-bond acceptors (Lipinski definition) is 3. The molecule has 1 aliphatic carbocycles. The first kappa shape index (κ1) is 16.3. The van der Waals surface area contributed by atoms with Crippen LogP contribution in [0.1, 0.15) is 46.0 Å². The number of aliphatic hydroxyl groups is 1. The highest BCUT2D eigenvalue weighted by atomic mass is 16.3. The van der Waals surface area contributed by atoms with Gasteiger partial charge in [-0.1, -0.05) is 13.8 Å². The van der Waals surface area contributed by atoms with Crippen molar-refractivity contribution in [2.45, 2.75) is 52.1 Å². The molecule has 1 saturated heterocycles. The van der Waals surface area contributed by atoms with E-state index < -0.39 is 0 Å². The molecule has 120 valence electrons. The zero-order valence-corrected chi connectivity index (χ0v) is 13.2. The van der Waals surface area contributed by atoms with E-state index in [9.17, 15) is 14.7 Å². The van der Waals surface area contributed by atoms with E-state index in [2.05, 4.69) is 19.2 Å². The Morgan fingerprint density at radius 1 is 1.33 bits per heavy atom. The van der Waals surface area contributed by atoms with Crippen molar-refractivity contribution in [2.75, 3.05) is 19.6 Å². The number of rotatable bonds is 5. The van der Waals surface area contributed by atoms with Crippen molar-refractivity contribution in [2.24, 2.45) is 17.8 Å². The molecular formula is C16H28N2O3. The summed E-state index contributed by atoms with van der Waals surface area (Å²) in [5.74, 6) is 0.835. The fraction of sp³-hybridized carbons (Fsp3) is 0.875. The maximum absolute atomic E-state index is 12.2. The van der Waals surface area contributed by atoms with Gasteiger partial charge in [-0.25, -0.2) is 0 Å². The number of amides is 2. The minimum atomic E-state index is -0.189. The van der Waals surface area contributed by atoms with Gasteiger partial charge in [-0.15, -0.1) is 0 Å². The largest absolute Gasteiger partial charge is 0.393 e.